The minimum Gasteiger partial charge on any atom is -0.465 e. The molecule has 38 heavy (non-hydrogen) atoms. The van der Waals surface area contributed by atoms with Crippen LogP contribution >= 0.6 is 0 Å². The van der Waals surface area contributed by atoms with Crippen molar-refractivity contribution in [2.75, 3.05) is 13.2 Å². The van der Waals surface area contributed by atoms with Crippen LogP contribution in [0.15, 0.2) is 0 Å². The maximum absolute atomic E-state index is 12.8. The first-order valence-electron chi connectivity index (χ1n) is 16.8. The van der Waals surface area contributed by atoms with Crippen molar-refractivity contribution in [1.82, 2.24) is 0 Å². The van der Waals surface area contributed by atoms with E-state index < -0.39 is 0 Å². The number of rotatable bonds is 27. The summed E-state index contributed by atoms with van der Waals surface area (Å²) >= 11 is 0. The van der Waals surface area contributed by atoms with Crippen LogP contribution < -0.4 is 0 Å². The van der Waals surface area contributed by atoms with Crippen molar-refractivity contribution in [1.29, 1.82) is 0 Å². The van der Waals surface area contributed by atoms with Crippen molar-refractivity contribution >= 4 is 11.9 Å². The van der Waals surface area contributed by atoms with Crippen LogP contribution in [-0.4, -0.2) is 25.2 Å². The Hall–Kier alpha value is -1.06. The minimum atomic E-state index is -0.0126. The SMILES string of the molecule is CCCCC(CC)COC(=O)CCCCCCCCCCC(CC)C(CC)C(=O)OCC(CC)CCCC. The molecule has 0 aromatic carbocycles. The minimum absolute atomic E-state index is 0.0126. The van der Waals surface area contributed by atoms with Gasteiger partial charge in [0, 0.05) is 6.42 Å². The first-order chi connectivity index (χ1) is 18.5. The molecule has 4 heteroatoms. The van der Waals surface area contributed by atoms with E-state index in [9.17, 15) is 9.59 Å². The Morgan fingerprint density at radius 1 is 0.526 bits per heavy atom. The normalized spacial score (nSPS) is 14.6. The molecule has 4 unspecified atom stereocenters. The summed E-state index contributed by atoms with van der Waals surface area (Å²) in [7, 11) is 0. The number of carbonyl (C=O) groups is 2. The highest BCUT2D eigenvalue weighted by Gasteiger charge is 2.27. The lowest BCUT2D eigenvalue weighted by atomic mass is 9.84. The van der Waals surface area contributed by atoms with E-state index in [1.54, 1.807) is 0 Å². The molecule has 0 heterocycles. The third-order valence-corrected chi connectivity index (χ3v) is 8.57. The number of hydrogen-bond acceptors (Lipinski definition) is 4. The predicted octanol–water partition coefficient (Wildman–Crippen LogP) is 10.5. The van der Waals surface area contributed by atoms with Gasteiger partial charge in [0.25, 0.3) is 0 Å². The van der Waals surface area contributed by atoms with Gasteiger partial charge in [0.1, 0.15) is 0 Å². The molecule has 0 saturated carbocycles. The summed E-state index contributed by atoms with van der Waals surface area (Å²) in [4.78, 5) is 24.8. The zero-order valence-electron chi connectivity index (χ0n) is 26.5. The van der Waals surface area contributed by atoms with Gasteiger partial charge in [0.05, 0.1) is 19.1 Å². The largest absolute Gasteiger partial charge is 0.465 e. The summed E-state index contributed by atoms with van der Waals surface area (Å²) < 4.78 is 11.3. The van der Waals surface area contributed by atoms with E-state index in [1.165, 1.54) is 77.0 Å². The van der Waals surface area contributed by atoms with E-state index in [2.05, 4.69) is 41.5 Å². The van der Waals surface area contributed by atoms with E-state index in [1.807, 2.05) is 0 Å². The Labute approximate surface area is 237 Å². The third-order valence-electron chi connectivity index (χ3n) is 8.57. The van der Waals surface area contributed by atoms with Crippen LogP contribution in [0.2, 0.25) is 0 Å². The molecule has 0 saturated heterocycles. The molecular weight excluding hydrogens is 472 g/mol. The number of esters is 2. The average Bonchev–Trinajstić information content (AvgIpc) is 2.93. The van der Waals surface area contributed by atoms with E-state index in [0.717, 1.165) is 44.9 Å². The van der Waals surface area contributed by atoms with Gasteiger partial charge in [-0.2, -0.15) is 0 Å². The lowest BCUT2D eigenvalue weighted by Crippen LogP contribution is -2.27. The van der Waals surface area contributed by atoms with Gasteiger partial charge in [0.15, 0.2) is 0 Å². The molecule has 0 aromatic heterocycles. The maximum atomic E-state index is 12.8. The Morgan fingerprint density at radius 2 is 1.03 bits per heavy atom. The molecule has 0 bridgehead atoms. The monoisotopic (exact) mass is 538 g/mol. The fourth-order valence-corrected chi connectivity index (χ4v) is 5.51. The van der Waals surface area contributed by atoms with E-state index in [0.29, 0.717) is 37.4 Å². The van der Waals surface area contributed by atoms with Gasteiger partial charge in [-0.05, 0) is 49.9 Å². The Morgan fingerprint density at radius 3 is 1.50 bits per heavy atom. The topological polar surface area (TPSA) is 52.6 Å². The van der Waals surface area contributed by atoms with Crippen LogP contribution in [0.1, 0.15) is 170 Å². The van der Waals surface area contributed by atoms with Gasteiger partial charge in [-0.15, -0.1) is 0 Å². The lowest BCUT2D eigenvalue weighted by molar-refractivity contribution is -0.152. The molecule has 4 nitrogen and oxygen atoms in total. The van der Waals surface area contributed by atoms with Crippen molar-refractivity contribution in [3.05, 3.63) is 0 Å². The Balaban J connectivity index is 3.94. The summed E-state index contributed by atoms with van der Waals surface area (Å²) in [5, 5.41) is 0. The fourth-order valence-electron chi connectivity index (χ4n) is 5.51. The molecule has 4 atom stereocenters. The van der Waals surface area contributed by atoms with Gasteiger partial charge in [-0.3, -0.25) is 9.59 Å². The first kappa shape index (κ1) is 36.9. The van der Waals surface area contributed by atoms with E-state index >= 15 is 0 Å². The summed E-state index contributed by atoms with van der Waals surface area (Å²) in [5.41, 5.74) is 0. The fraction of sp³-hybridized carbons (Fsp3) is 0.941. The second-order valence-electron chi connectivity index (χ2n) is 11.7. The molecule has 0 amide bonds. The second-order valence-corrected chi connectivity index (χ2v) is 11.7. The highest BCUT2D eigenvalue weighted by molar-refractivity contribution is 5.72. The molecule has 0 aliphatic heterocycles. The molecule has 0 fully saturated rings. The maximum Gasteiger partial charge on any atom is 0.309 e. The predicted molar refractivity (Wildman–Crippen MR) is 162 cm³/mol. The molecule has 226 valence electrons. The van der Waals surface area contributed by atoms with E-state index in [4.69, 9.17) is 9.47 Å². The van der Waals surface area contributed by atoms with Crippen LogP contribution in [0.25, 0.3) is 0 Å². The first-order valence-corrected chi connectivity index (χ1v) is 16.8. The zero-order chi connectivity index (χ0) is 28.4. The van der Waals surface area contributed by atoms with Gasteiger partial charge in [-0.1, -0.05) is 131 Å². The molecule has 0 spiro atoms. The van der Waals surface area contributed by atoms with Crippen LogP contribution in [-0.2, 0) is 19.1 Å². The van der Waals surface area contributed by atoms with Crippen LogP contribution in [0, 0.1) is 23.7 Å². The average molecular weight is 539 g/mol. The number of ether oxygens (including phenoxy) is 2. The summed E-state index contributed by atoms with van der Waals surface area (Å²) in [6.07, 6.45) is 22.6. The van der Waals surface area contributed by atoms with E-state index in [-0.39, 0.29) is 17.9 Å². The third kappa shape index (κ3) is 19.1. The van der Waals surface area contributed by atoms with Gasteiger partial charge < -0.3 is 9.47 Å². The van der Waals surface area contributed by atoms with Crippen LogP contribution in [0.4, 0.5) is 0 Å². The van der Waals surface area contributed by atoms with Crippen molar-refractivity contribution in [2.45, 2.75) is 170 Å². The molecule has 0 aliphatic carbocycles. The smallest absolute Gasteiger partial charge is 0.309 e. The van der Waals surface area contributed by atoms with Gasteiger partial charge >= 0.3 is 11.9 Å². The molecule has 0 radical (unpaired) electrons. The van der Waals surface area contributed by atoms with Crippen molar-refractivity contribution < 1.29 is 19.1 Å². The van der Waals surface area contributed by atoms with Crippen LogP contribution in [0.5, 0.6) is 0 Å². The quantitative estimate of drug-likeness (QED) is 0.0771. The molecule has 0 aromatic rings. The van der Waals surface area contributed by atoms with Crippen molar-refractivity contribution in [3.8, 4) is 0 Å². The molecular formula is C34H66O4. The summed E-state index contributed by atoms with van der Waals surface area (Å²) in [5.74, 6) is 1.57. The summed E-state index contributed by atoms with van der Waals surface area (Å²) in [6.45, 7) is 14.4. The van der Waals surface area contributed by atoms with Crippen molar-refractivity contribution in [2.24, 2.45) is 23.7 Å². The second kappa shape index (κ2) is 26.2. The summed E-state index contributed by atoms with van der Waals surface area (Å²) in [6, 6.07) is 0. The van der Waals surface area contributed by atoms with Gasteiger partial charge in [-0.25, -0.2) is 0 Å². The number of hydrogen-bond donors (Lipinski definition) is 0. The Kier molecular flexibility index (Phi) is 25.4. The number of unbranched alkanes of at least 4 members (excludes halogenated alkanes) is 9. The molecule has 0 aliphatic rings. The molecule has 0 N–H and O–H groups in total. The Bertz CT molecular complexity index is 547. The standard InChI is InChI=1S/C34H66O4/c1-7-13-23-29(9-3)27-37-33(35)26-22-20-18-16-15-17-19-21-25-31(11-5)32(12-6)34(36)38-28-30(10-4)24-14-8-2/h29-32H,7-28H2,1-6H3. The van der Waals surface area contributed by atoms with Crippen molar-refractivity contribution in [3.63, 3.8) is 0 Å². The highest BCUT2D eigenvalue weighted by Crippen LogP contribution is 2.27. The number of carbonyl (C=O) groups excluding carboxylic acids is 2. The van der Waals surface area contributed by atoms with Crippen LogP contribution in [0.3, 0.4) is 0 Å². The lowest BCUT2D eigenvalue weighted by Gasteiger charge is -2.25. The van der Waals surface area contributed by atoms with Gasteiger partial charge in [0.2, 0.25) is 0 Å². The highest BCUT2D eigenvalue weighted by atomic mass is 16.5. The zero-order valence-corrected chi connectivity index (χ0v) is 26.5. The molecule has 0 rings (SSSR count).